The van der Waals surface area contributed by atoms with Gasteiger partial charge in [-0.3, -0.25) is 9.69 Å². The predicted molar refractivity (Wildman–Crippen MR) is 103 cm³/mol. The van der Waals surface area contributed by atoms with Crippen LogP contribution in [-0.4, -0.2) is 68.1 Å². The van der Waals surface area contributed by atoms with Crippen LogP contribution < -0.4 is 4.90 Å². The molecule has 0 saturated carbocycles. The Labute approximate surface area is 163 Å². The third-order valence-electron chi connectivity index (χ3n) is 4.61. The molecular weight excluding hydrogens is 364 g/mol. The van der Waals surface area contributed by atoms with Crippen LogP contribution in [0.15, 0.2) is 39.8 Å². The molecule has 3 rings (SSSR count). The fourth-order valence-electron chi connectivity index (χ4n) is 3.14. The lowest BCUT2D eigenvalue weighted by atomic mass is 10.1. The van der Waals surface area contributed by atoms with Crippen molar-refractivity contribution in [3.05, 3.63) is 34.9 Å². The molecular formula is C19H22N4O3S. The molecule has 2 heterocycles. The maximum absolute atomic E-state index is 12.8. The highest BCUT2D eigenvalue weighted by Crippen LogP contribution is 2.46. The Bertz CT molecular complexity index is 809. The maximum Gasteiger partial charge on any atom is 0.409 e. The second-order valence-electron chi connectivity index (χ2n) is 6.31. The van der Waals surface area contributed by atoms with E-state index in [1.165, 1.54) is 11.8 Å². The number of ketones is 1. The third-order valence-corrected chi connectivity index (χ3v) is 5.84. The number of anilines is 1. The molecule has 1 amide bonds. The fraction of sp³-hybridized carbons (Fsp3) is 0.421. The van der Waals surface area contributed by atoms with Gasteiger partial charge in [0.2, 0.25) is 0 Å². The predicted octanol–water partition coefficient (Wildman–Crippen LogP) is 2.31. The Balaban J connectivity index is 1.64. The summed E-state index contributed by atoms with van der Waals surface area (Å²) in [6.07, 6.45) is -0.315. The number of amides is 1. The lowest BCUT2D eigenvalue weighted by Gasteiger charge is -2.33. The highest BCUT2D eigenvalue weighted by molar-refractivity contribution is 8.03. The minimum Gasteiger partial charge on any atom is -0.450 e. The van der Waals surface area contributed by atoms with Crippen LogP contribution >= 0.6 is 11.8 Å². The van der Waals surface area contributed by atoms with E-state index in [1.54, 1.807) is 11.8 Å². The average Bonchev–Trinajstić information content (AvgIpc) is 3.00. The van der Waals surface area contributed by atoms with E-state index in [4.69, 9.17) is 4.74 Å². The van der Waals surface area contributed by atoms with Crippen LogP contribution in [0, 0.1) is 11.3 Å². The number of piperazine rings is 1. The number of para-hydroxylation sites is 1. The number of ether oxygens (including phenoxy) is 1. The van der Waals surface area contributed by atoms with Crippen molar-refractivity contribution in [2.24, 2.45) is 0 Å². The van der Waals surface area contributed by atoms with Crippen molar-refractivity contribution in [1.29, 1.82) is 5.26 Å². The van der Waals surface area contributed by atoms with Gasteiger partial charge in [-0.05, 0) is 19.1 Å². The standard InChI is InChI=1S/C19H22N4O3S/c1-3-26-19(25)23-10-8-22(9-11-23)13-16(24)14(12-20)18-21(2)15-6-4-5-7-17(15)27-18/h4-7H,3,8-11,13H2,1-2H3/b18-14-. The van der Waals surface area contributed by atoms with Crippen molar-refractivity contribution in [2.75, 3.05) is 51.3 Å². The van der Waals surface area contributed by atoms with E-state index in [9.17, 15) is 14.9 Å². The van der Waals surface area contributed by atoms with Crippen LogP contribution in [0.1, 0.15) is 6.92 Å². The molecule has 1 fully saturated rings. The molecule has 2 aliphatic heterocycles. The highest BCUT2D eigenvalue weighted by Gasteiger charge is 2.29. The number of hydrogen-bond donors (Lipinski definition) is 0. The van der Waals surface area contributed by atoms with Gasteiger partial charge in [0.05, 0.1) is 18.8 Å². The molecule has 0 N–H and O–H groups in total. The van der Waals surface area contributed by atoms with E-state index in [-0.39, 0.29) is 24.0 Å². The van der Waals surface area contributed by atoms with Gasteiger partial charge in [-0.1, -0.05) is 23.9 Å². The summed E-state index contributed by atoms with van der Waals surface area (Å²) in [7, 11) is 1.87. The minimum absolute atomic E-state index is 0.174. The number of hydrogen-bond acceptors (Lipinski definition) is 7. The third kappa shape index (κ3) is 4.10. The zero-order valence-corrected chi connectivity index (χ0v) is 16.3. The first-order valence-electron chi connectivity index (χ1n) is 8.87. The SMILES string of the molecule is CCOC(=O)N1CCN(CC(=O)/C(C#N)=C2\Sc3ccccc3N2C)CC1. The van der Waals surface area contributed by atoms with Crippen molar-refractivity contribution < 1.29 is 14.3 Å². The number of carbonyl (C=O) groups is 2. The summed E-state index contributed by atoms with van der Waals surface area (Å²) >= 11 is 1.45. The van der Waals surface area contributed by atoms with E-state index in [0.29, 0.717) is 37.8 Å². The fourth-order valence-corrected chi connectivity index (χ4v) is 4.30. The molecule has 142 valence electrons. The normalized spacial score (nSPS) is 18.7. The van der Waals surface area contributed by atoms with Gasteiger partial charge in [-0.2, -0.15) is 5.26 Å². The lowest BCUT2D eigenvalue weighted by molar-refractivity contribution is -0.116. The van der Waals surface area contributed by atoms with Gasteiger partial charge in [-0.15, -0.1) is 0 Å². The quantitative estimate of drug-likeness (QED) is 0.580. The summed E-state index contributed by atoms with van der Waals surface area (Å²) in [5.41, 5.74) is 1.19. The Morgan fingerprint density at radius 2 is 1.93 bits per heavy atom. The Morgan fingerprint density at radius 1 is 1.22 bits per heavy atom. The van der Waals surface area contributed by atoms with Crippen molar-refractivity contribution in [3.63, 3.8) is 0 Å². The van der Waals surface area contributed by atoms with Crippen LogP contribution in [0.4, 0.5) is 10.5 Å². The van der Waals surface area contributed by atoms with Crippen molar-refractivity contribution in [1.82, 2.24) is 9.80 Å². The molecule has 0 spiro atoms. The summed E-state index contributed by atoms with van der Waals surface area (Å²) in [6.45, 7) is 4.51. The number of rotatable bonds is 4. The molecule has 27 heavy (non-hydrogen) atoms. The number of nitriles is 1. The molecule has 0 radical (unpaired) electrons. The molecule has 2 aliphatic rings. The van der Waals surface area contributed by atoms with Crippen LogP contribution in [-0.2, 0) is 9.53 Å². The van der Waals surface area contributed by atoms with Crippen LogP contribution in [0.5, 0.6) is 0 Å². The first-order valence-corrected chi connectivity index (χ1v) is 9.69. The number of thioether (sulfide) groups is 1. The van der Waals surface area contributed by atoms with E-state index in [0.717, 1.165) is 10.6 Å². The molecule has 7 nitrogen and oxygen atoms in total. The Kier molecular flexibility index (Phi) is 6.04. The number of carbonyl (C=O) groups excluding carboxylic acids is 2. The van der Waals surface area contributed by atoms with Gasteiger partial charge in [0.25, 0.3) is 0 Å². The second kappa shape index (κ2) is 8.46. The van der Waals surface area contributed by atoms with E-state index >= 15 is 0 Å². The molecule has 0 atom stereocenters. The minimum atomic E-state index is -0.315. The summed E-state index contributed by atoms with van der Waals surface area (Å²) in [5, 5.41) is 10.3. The summed E-state index contributed by atoms with van der Waals surface area (Å²) < 4.78 is 5.01. The number of fused-ring (bicyclic) bond motifs is 1. The van der Waals surface area contributed by atoms with Gasteiger partial charge in [0.15, 0.2) is 5.78 Å². The van der Waals surface area contributed by atoms with E-state index < -0.39 is 0 Å². The first kappa shape index (κ1) is 19.3. The van der Waals surface area contributed by atoms with E-state index in [2.05, 4.69) is 6.07 Å². The van der Waals surface area contributed by atoms with Crippen molar-refractivity contribution >= 4 is 29.3 Å². The monoisotopic (exact) mass is 386 g/mol. The number of nitrogens with zero attached hydrogens (tertiary/aromatic N) is 4. The first-order chi connectivity index (χ1) is 13.0. The zero-order valence-electron chi connectivity index (χ0n) is 15.5. The number of benzene rings is 1. The second-order valence-corrected chi connectivity index (χ2v) is 7.34. The van der Waals surface area contributed by atoms with Gasteiger partial charge in [0.1, 0.15) is 16.7 Å². The lowest BCUT2D eigenvalue weighted by Crippen LogP contribution is -2.50. The molecule has 0 unspecified atom stereocenters. The van der Waals surface area contributed by atoms with Gasteiger partial charge in [0, 0.05) is 38.1 Å². The van der Waals surface area contributed by atoms with Gasteiger partial charge < -0.3 is 14.5 Å². The topological polar surface area (TPSA) is 76.9 Å². The Hall–Kier alpha value is -2.50. The largest absolute Gasteiger partial charge is 0.450 e. The number of Topliss-reactive ketones (excluding diaryl/α,β-unsaturated/α-hetero) is 1. The van der Waals surface area contributed by atoms with Crippen molar-refractivity contribution in [3.8, 4) is 6.07 Å². The smallest absolute Gasteiger partial charge is 0.409 e. The zero-order chi connectivity index (χ0) is 19.4. The molecule has 1 aromatic rings. The molecule has 8 heteroatoms. The molecule has 1 saturated heterocycles. The molecule has 0 aromatic heterocycles. The molecule has 1 aromatic carbocycles. The van der Waals surface area contributed by atoms with Gasteiger partial charge >= 0.3 is 6.09 Å². The summed E-state index contributed by atoms with van der Waals surface area (Å²) in [4.78, 5) is 31.1. The van der Waals surface area contributed by atoms with Crippen LogP contribution in [0.25, 0.3) is 0 Å². The summed E-state index contributed by atoms with van der Waals surface area (Å²) in [6, 6.07) is 9.94. The maximum atomic E-state index is 12.8. The average molecular weight is 386 g/mol. The molecule has 0 bridgehead atoms. The van der Waals surface area contributed by atoms with E-state index in [1.807, 2.05) is 41.1 Å². The van der Waals surface area contributed by atoms with Crippen LogP contribution in [0.2, 0.25) is 0 Å². The Morgan fingerprint density at radius 3 is 2.56 bits per heavy atom. The van der Waals surface area contributed by atoms with Crippen LogP contribution in [0.3, 0.4) is 0 Å². The molecule has 0 aliphatic carbocycles. The summed E-state index contributed by atoms with van der Waals surface area (Å²) in [5.74, 6) is -0.191. The van der Waals surface area contributed by atoms with Crippen molar-refractivity contribution in [2.45, 2.75) is 11.8 Å². The van der Waals surface area contributed by atoms with Gasteiger partial charge in [-0.25, -0.2) is 4.79 Å². The highest BCUT2D eigenvalue weighted by atomic mass is 32.2.